The van der Waals surface area contributed by atoms with Gasteiger partial charge in [0.25, 0.3) is 5.91 Å². The van der Waals surface area contributed by atoms with Crippen LogP contribution in [0.15, 0.2) is 12.1 Å². The molecule has 5 rings (SSSR count). The standard InChI is InChI=1S/C19H24N2O3/c1-20-7-2-13(3-8-20)4-9-21-18(22)14-10-16-17(24-12-23-16)11-15(14)19(21)5-6-19/h10-11,13H,2-9,12H2,1H3. The van der Waals surface area contributed by atoms with Crippen molar-refractivity contribution in [3.8, 4) is 11.5 Å². The Morgan fingerprint density at radius 3 is 2.58 bits per heavy atom. The molecule has 0 N–H and O–H groups in total. The van der Waals surface area contributed by atoms with Crippen molar-refractivity contribution in [1.82, 2.24) is 9.80 Å². The number of amides is 1. The van der Waals surface area contributed by atoms with E-state index in [1.54, 1.807) is 0 Å². The van der Waals surface area contributed by atoms with Crippen LogP contribution in [-0.2, 0) is 5.54 Å². The van der Waals surface area contributed by atoms with Crippen LogP contribution >= 0.6 is 0 Å². The van der Waals surface area contributed by atoms with Crippen molar-refractivity contribution in [3.63, 3.8) is 0 Å². The van der Waals surface area contributed by atoms with Gasteiger partial charge in [-0.15, -0.1) is 0 Å². The highest BCUT2D eigenvalue weighted by Crippen LogP contribution is 2.58. The summed E-state index contributed by atoms with van der Waals surface area (Å²) in [5, 5.41) is 0. The van der Waals surface area contributed by atoms with Gasteiger partial charge in [0.2, 0.25) is 6.79 Å². The fourth-order valence-electron chi connectivity index (χ4n) is 4.62. The first-order valence-electron chi connectivity index (χ1n) is 9.12. The number of piperidine rings is 1. The molecule has 0 aromatic heterocycles. The van der Waals surface area contributed by atoms with Crippen molar-refractivity contribution in [3.05, 3.63) is 23.3 Å². The van der Waals surface area contributed by atoms with Crippen LogP contribution in [0, 0.1) is 5.92 Å². The summed E-state index contributed by atoms with van der Waals surface area (Å²) in [6.07, 6.45) is 5.81. The summed E-state index contributed by atoms with van der Waals surface area (Å²) in [5.74, 6) is 2.46. The van der Waals surface area contributed by atoms with Crippen LogP contribution in [0.5, 0.6) is 11.5 Å². The van der Waals surface area contributed by atoms with E-state index < -0.39 is 0 Å². The quantitative estimate of drug-likeness (QED) is 0.855. The van der Waals surface area contributed by atoms with Crippen molar-refractivity contribution in [2.75, 3.05) is 33.5 Å². The zero-order valence-electron chi connectivity index (χ0n) is 14.2. The third kappa shape index (κ3) is 2.07. The summed E-state index contributed by atoms with van der Waals surface area (Å²) in [6, 6.07) is 3.95. The van der Waals surface area contributed by atoms with Crippen molar-refractivity contribution < 1.29 is 14.3 Å². The van der Waals surface area contributed by atoms with Gasteiger partial charge in [-0.25, -0.2) is 0 Å². The van der Waals surface area contributed by atoms with E-state index in [0.29, 0.717) is 0 Å². The fourth-order valence-corrected chi connectivity index (χ4v) is 4.62. The maximum absolute atomic E-state index is 13.0. The van der Waals surface area contributed by atoms with Gasteiger partial charge in [-0.3, -0.25) is 4.79 Å². The average Bonchev–Trinajstić information content (AvgIpc) is 3.19. The van der Waals surface area contributed by atoms with Gasteiger partial charge in [0.05, 0.1) is 5.54 Å². The molecule has 1 spiro atoms. The highest BCUT2D eigenvalue weighted by molar-refractivity contribution is 6.01. The monoisotopic (exact) mass is 328 g/mol. The molecule has 3 heterocycles. The predicted molar refractivity (Wildman–Crippen MR) is 89.4 cm³/mol. The molecule has 24 heavy (non-hydrogen) atoms. The zero-order chi connectivity index (χ0) is 16.3. The molecule has 128 valence electrons. The maximum atomic E-state index is 13.0. The normalized spacial score (nSPS) is 24.7. The molecule has 1 saturated carbocycles. The Balaban J connectivity index is 1.36. The second-order valence-electron chi connectivity index (χ2n) is 7.77. The number of carbonyl (C=O) groups excluding carboxylic acids is 1. The van der Waals surface area contributed by atoms with E-state index in [4.69, 9.17) is 9.47 Å². The van der Waals surface area contributed by atoms with Crippen LogP contribution in [0.25, 0.3) is 0 Å². The number of benzene rings is 1. The van der Waals surface area contributed by atoms with Gasteiger partial charge in [-0.05, 0) is 75.9 Å². The second kappa shape index (κ2) is 5.12. The SMILES string of the molecule is CN1CCC(CCN2C(=O)c3cc4c(cc3C23CC3)OCO4)CC1. The molecular formula is C19H24N2O3. The number of nitrogens with zero attached hydrogens (tertiary/aromatic N) is 2. The molecule has 0 atom stereocenters. The first-order chi connectivity index (χ1) is 11.7. The lowest BCUT2D eigenvalue weighted by molar-refractivity contribution is 0.0676. The summed E-state index contributed by atoms with van der Waals surface area (Å²) in [6.45, 7) is 3.52. The van der Waals surface area contributed by atoms with Crippen molar-refractivity contribution in [2.24, 2.45) is 5.92 Å². The summed E-state index contributed by atoms with van der Waals surface area (Å²) < 4.78 is 11.0. The van der Waals surface area contributed by atoms with Crippen molar-refractivity contribution in [1.29, 1.82) is 0 Å². The molecule has 1 saturated heterocycles. The molecule has 2 fully saturated rings. The molecule has 0 radical (unpaired) electrons. The van der Waals surface area contributed by atoms with Gasteiger partial charge >= 0.3 is 0 Å². The minimum atomic E-state index is -0.0428. The Morgan fingerprint density at radius 1 is 1.17 bits per heavy atom. The molecule has 4 aliphatic rings. The molecule has 5 nitrogen and oxygen atoms in total. The Morgan fingerprint density at radius 2 is 1.88 bits per heavy atom. The Bertz CT molecular complexity index is 690. The summed E-state index contributed by atoms with van der Waals surface area (Å²) in [5.41, 5.74) is 1.96. The highest BCUT2D eigenvalue weighted by atomic mass is 16.7. The maximum Gasteiger partial charge on any atom is 0.255 e. The molecule has 1 amide bonds. The second-order valence-corrected chi connectivity index (χ2v) is 7.77. The molecule has 1 aromatic carbocycles. The van der Waals surface area contributed by atoms with Gasteiger partial charge in [0, 0.05) is 12.1 Å². The Hall–Kier alpha value is -1.75. The Kier molecular flexibility index (Phi) is 3.11. The summed E-state index contributed by atoms with van der Waals surface area (Å²) in [4.78, 5) is 17.5. The first kappa shape index (κ1) is 14.6. The van der Waals surface area contributed by atoms with Crippen LogP contribution in [0.3, 0.4) is 0 Å². The van der Waals surface area contributed by atoms with E-state index in [1.165, 1.54) is 31.5 Å². The lowest BCUT2D eigenvalue weighted by Crippen LogP contribution is -2.37. The van der Waals surface area contributed by atoms with Gasteiger partial charge in [0.1, 0.15) is 0 Å². The number of ether oxygens (including phenoxy) is 2. The molecule has 0 bridgehead atoms. The number of carbonyl (C=O) groups is 1. The number of hydrogen-bond acceptors (Lipinski definition) is 4. The van der Waals surface area contributed by atoms with Crippen LogP contribution < -0.4 is 9.47 Å². The van der Waals surface area contributed by atoms with E-state index in [1.807, 2.05) is 6.07 Å². The third-order valence-corrected chi connectivity index (χ3v) is 6.33. The number of likely N-dealkylation sites (tertiary alicyclic amines) is 1. The van der Waals surface area contributed by atoms with Crippen LogP contribution in [0.2, 0.25) is 0 Å². The van der Waals surface area contributed by atoms with Crippen molar-refractivity contribution >= 4 is 5.91 Å². The lowest BCUT2D eigenvalue weighted by Gasteiger charge is -2.31. The van der Waals surface area contributed by atoms with Crippen molar-refractivity contribution in [2.45, 2.75) is 37.6 Å². The Labute approximate surface area is 142 Å². The number of rotatable bonds is 3. The summed E-state index contributed by atoms with van der Waals surface area (Å²) in [7, 11) is 2.19. The smallest absolute Gasteiger partial charge is 0.255 e. The molecule has 0 unspecified atom stereocenters. The van der Waals surface area contributed by atoms with Gasteiger partial charge in [0.15, 0.2) is 11.5 Å². The highest BCUT2D eigenvalue weighted by Gasteiger charge is 2.58. The minimum absolute atomic E-state index is 0.0428. The van der Waals surface area contributed by atoms with E-state index in [2.05, 4.69) is 22.9 Å². The topological polar surface area (TPSA) is 42.0 Å². The fraction of sp³-hybridized carbons (Fsp3) is 0.632. The van der Waals surface area contributed by atoms with E-state index in [9.17, 15) is 4.79 Å². The molecule has 3 aliphatic heterocycles. The van der Waals surface area contributed by atoms with E-state index in [-0.39, 0.29) is 18.2 Å². The largest absolute Gasteiger partial charge is 0.454 e. The number of fused-ring (bicyclic) bond motifs is 3. The third-order valence-electron chi connectivity index (χ3n) is 6.33. The average molecular weight is 328 g/mol. The van der Waals surface area contributed by atoms with E-state index >= 15 is 0 Å². The number of hydrogen-bond donors (Lipinski definition) is 0. The molecular weight excluding hydrogens is 304 g/mol. The predicted octanol–water partition coefficient (Wildman–Crippen LogP) is 2.59. The minimum Gasteiger partial charge on any atom is -0.454 e. The summed E-state index contributed by atoms with van der Waals surface area (Å²) >= 11 is 0. The van der Waals surface area contributed by atoms with E-state index in [0.717, 1.165) is 48.8 Å². The molecule has 5 heteroatoms. The zero-order valence-corrected chi connectivity index (χ0v) is 14.2. The van der Waals surface area contributed by atoms with Gasteiger partial charge in [-0.2, -0.15) is 0 Å². The van der Waals surface area contributed by atoms with Gasteiger partial charge in [-0.1, -0.05) is 0 Å². The first-order valence-corrected chi connectivity index (χ1v) is 9.12. The van der Waals surface area contributed by atoms with Gasteiger partial charge < -0.3 is 19.3 Å². The van der Waals surface area contributed by atoms with Crippen LogP contribution in [-0.4, -0.2) is 49.2 Å². The van der Waals surface area contributed by atoms with Crippen LogP contribution in [0.1, 0.15) is 48.0 Å². The van der Waals surface area contributed by atoms with Crippen LogP contribution in [0.4, 0.5) is 0 Å². The molecule has 1 aromatic rings. The lowest BCUT2D eigenvalue weighted by atomic mass is 9.93. The molecule has 1 aliphatic carbocycles.